The summed E-state index contributed by atoms with van der Waals surface area (Å²) in [6.07, 6.45) is 1.06. The van der Waals surface area contributed by atoms with Crippen LogP contribution in [0.4, 0.5) is 0 Å². The molecule has 1 N–H and O–H groups in total. The first-order valence-electron chi connectivity index (χ1n) is 4.49. The minimum Gasteiger partial charge on any atom is -0.396 e. The summed E-state index contributed by atoms with van der Waals surface area (Å²) in [5, 5.41) is 9.23. The van der Waals surface area contributed by atoms with E-state index in [9.17, 15) is 5.11 Å². The average Bonchev–Trinajstić information content (AvgIpc) is 2.47. The number of rotatable bonds is 4. The maximum Gasteiger partial charge on any atom is 0.0701 e. The largest absolute Gasteiger partial charge is 0.396 e. The molecule has 1 aromatic rings. The summed E-state index contributed by atoms with van der Waals surface area (Å²) in [4.78, 5) is 1.28. The lowest BCUT2D eigenvalue weighted by Gasteiger charge is -2.14. The van der Waals surface area contributed by atoms with Crippen molar-refractivity contribution in [2.75, 3.05) is 6.61 Å². The second-order valence-electron chi connectivity index (χ2n) is 3.65. The predicted octanol–water partition coefficient (Wildman–Crippen LogP) is 3.63. The molecule has 0 spiro atoms. The molecule has 1 rings (SSSR count). The van der Waals surface area contributed by atoms with E-state index >= 15 is 0 Å². The molecule has 13 heavy (non-hydrogen) atoms. The second-order valence-corrected chi connectivity index (χ2v) is 6.15. The van der Waals surface area contributed by atoms with Crippen molar-refractivity contribution in [1.29, 1.82) is 0 Å². The van der Waals surface area contributed by atoms with Crippen LogP contribution in [0.2, 0.25) is 0 Å². The fourth-order valence-electron chi connectivity index (χ4n) is 1.40. The molecule has 1 atom stereocenters. The highest BCUT2D eigenvalue weighted by molar-refractivity contribution is 9.11. The Kier molecular flexibility index (Phi) is 4.42. The Balaban J connectivity index is 2.66. The molecule has 0 aliphatic carbocycles. The van der Waals surface area contributed by atoms with Gasteiger partial charge in [0.2, 0.25) is 0 Å². The van der Waals surface area contributed by atoms with Crippen LogP contribution < -0.4 is 0 Å². The first-order chi connectivity index (χ1) is 6.13. The Labute approximate surface area is 91.9 Å². The van der Waals surface area contributed by atoms with Crippen LogP contribution in [0.3, 0.4) is 0 Å². The van der Waals surface area contributed by atoms with Gasteiger partial charge >= 0.3 is 0 Å². The Hall–Kier alpha value is 0.140. The minimum absolute atomic E-state index is 0.255. The van der Waals surface area contributed by atoms with Gasteiger partial charge in [0.1, 0.15) is 0 Å². The fraction of sp³-hybridized carbons (Fsp3) is 0.600. The molecule has 1 heterocycles. The van der Waals surface area contributed by atoms with Crippen molar-refractivity contribution < 1.29 is 5.11 Å². The van der Waals surface area contributed by atoms with Gasteiger partial charge in [-0.25, -0.2) is 0 Å². The lowest BCUT2D eigenvalue weighted by molar-refractivity contribution is 0.250. The van der Waals surface area contributed by atoms with Crippen molar-refractivity contribution in [2.24, 2.45) is 5.92 Å². The molecular weight excluding hydrogens is 248 g/mol. The Morgan fingerprint density at radius 1 is 1.46 bits per heavy atom. The molecule has 74 valence electrons. The maximum absolute atomic E-state index is 9.23. The minimum atomic E-state index is 0.255. The average molecular weight is 263 g/mol. The van der Waals surface area contributed by atoms with Gasteiger partial charge in [-0.05, 0) is 40.4 Å². The van der Waals surface area contributed by atoms with Gasteiger partial charge in [-0.15, -0.1) is 11.3 Å². The summed E-state index contributed by atoms with van der Waals surface area (Å²) in [5.41, 5.74) is 0. The molecule has 1 nitrogen and oxygen atoms in total. The van der Waals surface area contributed by atoms with Crippen molar-refractivity contribution in [1.82, 2.24) is 0 Å². The molecule has 0 fully saturated rings. The van der Waals surface area contributed by atoms with E-state index in [0.717, 1.165) is 10.2 Å². The molecule has 0 aliphatic rings. The first-order valence-corrected chi connectivity index (χ1v) is 6.10. The Bertz CT molecular complexity index is 257. The van der Waals surface area contributed by atoms with Crippen LogP contribution in [0.5, 0.6) is 0 Å². The molecule has 0 aliphatic heterocycles. The molecule has 0 radical (unpaired) electrons. The third-order valence-electron chi connectivity index (χ3n) is 1.97. The third kappa shape index (κ3) is 3.41. The van der Waals surface area contributed by atoms with Gasteiger partial charge in [-0.1, -0.05) is 13.8 Å². The standard InChI is InChI=1S/C10H15BrOS/c1-7(2)5-8(6-12)9-3-4-10(11)13-9/h3-4,7-8,12H,5-6H2,1-2H3. The molecule has 0 saturated heterocycles. The summed E-state index contributed by atoms with van der Waals surface area (Å²) < 4.78 is 1.14. The van der Waals surface area contributed by atoms with Crippen LogP contribution in [0.25, 0.3) is 0 Å². The topological polar surface area (TPSA) is 20.2 Å². The molecule has 1 aromatic heterocycles. The predicted molar refractivity (Wildman–Crippen MR) is 61.3 cm³/mol. The Morgan fingerprint density at radius 2 is 2.15 bits per heavy atom. The fourth-order valence-corrected chi connectivity index (χ4v) is 2.93. The zero-order chi connectivity index (χ0) is 9.84. The molecular formula is C10H15BrOS. The van der Waals surface area contributed by atoms with Crippen LogP contribution in [0, 0.1) is 5.92 Å². The van der Waals surface area contributed by atoms with Crippen molar-refractivity contribution in [3.63, 3.8) is 0 Å². The molecule has 0 amide bonds. The Morgan fingerprint density at radius 3 is 2.54 bits per heavy atom. The quantitative estimate of drug-likeness (QED) is 0.879. The zero-order valence-electron chi connectivity index (χ0n) is 7.96. The highest BCUT2D eigenvalue weighted by Crippen LogP contribution is 2.31. The van der Waals surface area contributed by atoms with Gasteiger partial charge in [0, 0.05) is 10.8 Å². The molecule has 1 unspecified atom stereocenters. The van der Waals surface area contributed by atoms with E-state index in [2.05, 4.69) is 35.8 Å². The first kappa shape index (κ1) is 11.2. The summed E-state index contributed by atoms with van der Waals surface area (Å²) in [6.45, 7) is 4.63. The number of aliphatic hydroxyl groups is 1. The van der Waals surface area contributed by atoms with Crippen molar-refractivity contribution in [2.45, 2.75) is 26.2 Å². The molecule has 3 heteroatoms. The van der Waals surface area contributed by atoms with E-state index in [-0.39, 0.29) is 6.61 Å². The van der Waals surface area contributed by atoms with Gasteiger partial charge in [0.05, 0.1) is 10.4 Å². The van der Waals surface area contributed by atoms with E-state index in [0.29, 0.717) is 11.8 Å². The highest BCUT2D eigenvalue weighted by Gasteiger charge is 2.13. The smallest absolute Gasteiger partial charge is 0.0701 e. The normalized spacial score (nSPS) is 13.6. The lowest BCUT2D eigenvalue weighted by atomic mass is 9.96. The van der Waals surface area contributed by atoms with Gasteiger partial charge in [-0.2, -0.15) is 0 Å². The van der Waals surface area contributed by atoms with Crippen LogP contribution in [0.15, 0.2) is 15.9 Å². The number of thiophene rings is 1. The van der Waals surface area contributed by atoms with Gasteiger partial charge < -0.3 is 5.11 Å². The van der Waals surface area contributed by atoms with Crippen LogP contribution >= 0.6 is 27.3 Å². The number of hydrogen-bond donors (Lipinski definition) is 1. The molecule has 0 saturated carbocycles. The number of hydrogen-bond acceptors (Lipinski definition) is 2. The summed E-state index contributed by atoms with van der Waals surface area (Å²) in [5.74, 6) is 0.953. The van der Waals surface area contributed by atoms with E-state index in [1.165, 1.54) is 4.88 Å². The SMILES string of the molecule is CC(C)CC(CO)c1ccc(Br)s1. The monoisotopic (exact) mass is 262 g/mol. The van der Waals surface area contributed by atoms with Gasteiger partial charge in [-0.3, -0.25) is 0 Å². The number of halogens is 1. The maximum atomic E-state index is 9.23. The summed E-state index contributed by atoms with van der Waals surface area (Å²) >= 11 is 5.15. The summed E-state index contributed by atoms with van der Waals surface area (Å²) in [6, 6.07) is 4.14. The lowest BCUT2D eigenvalue weighted by Crippen LogP contribution is -2.05. The summed E-state index contributed by atoms with van der Waals surface area (Å²) in [7, 11) is 0. The molecule has 0 bridgehead atoms. The van der Waals surface area contributed by atoms with E-state index in [4.69, 9.17) is 0 Å². The van der Waals surface area contributed by atoms with Gasteiger partial charge in [0.15, 0.2) is 0 Å². The van der Waals surface area contributed by atoms with Gasteiger partial charge in [0.25, 0.3) is 0 Å². The van der Waals surface area contributed by atoms with Crippen molar-refractivity contribution >= 4 is 27.3 Å². The highest BCUT2D eigenvalue weighted by atomic mass is 79.9. The van der Waals surface area contributed by atoms with Crippen LogP contribution in [-0.4, -0.2) is 11.7 Å². The number of aliphatic hydroxyl groups excluding tert-OH is 1. The van der Waals surface area contributed by atoms with E-state index in [1.54, 1.807) is 11.3 Å². The zero-order valence-corrected chi connectivity index (χ0v) is 10.4. The van der Waals surface area contributed by atoms with E-state index < -0.39 is 0 Å². The van der Waals surface area contributed by atoms with Crippen LogP contribution in [0.1, 0.15) is 31.1 Å². The molecule has 0 aromatic carbocycles. The van der Waals surface area contributed by atoms with Crippen LogP contribution in [-0.2, 0) is 0 Å². The van der Waals surface area contributed by atoms with E-state index in [1.807, 2.05) is 6.07 Å². The van der Waals surface area contributed by atoms with Crippen molar-refractivity contribution in [3.8, 4) is 0 Å². The third-order valence-corrected chi connectivity index (χ3v) is 3.76. The van der Waals surface area contributed by atoms with Crippen molar-refractivity contribution in [3.05, 3.63) is 20.8 Å². The second kappa shape index (κ2) is 5.13.